The summed E-state index contributed by atoms with van der Waals surface area (Å²) in [6, 6.07) is 5.62. The summed E-state index contributed by atoms with van der Waals surface area (Å²) in [5.74, 6) is 0.389. The standard InChI is InChI=1S/C9H8OS/c1-6-5-11-9-7(6)3-2-4-8(9)10/h2-5,10H,1H3. The van der Waals surface area contributed by atoms with Gasteiger partial charge in [-0.25, -0.2) is 0 Å². The molecule has 0 saturated heterocycles. The monoisotopic (exact) mass is 164 g/mol. The van der Waals surface area contributed by atoms with Crippen LogP contribution in [0.25, 0.3) is 10.1 Å². The number of aromatic hydroxyl groups is 1. The first kappa shape index (κ1) is 6.68. The molecule has 1 nitrogen and oxygen atoms in total. The zero-order valence-corrected chi connectivity index (χ0v) is 6.98. The zero-order valence-electron chi connectivity index (χ0n) is 6.16. The number of benzene rings is 1. The Hall–Kier alpha value is -1.02. The Balaban J connectivity index is 2.94. The van der Waals surface area contributed by atoms with Gasteiger partial charge in [0, 0.05) is 0 Å². The van der Waals surface area contributed by atoms with Crippen LogP contribution in [0.3, 0.4) is 0 Å². The Morgan fingerprint density at radius 2 is 2.18 bits per heavy atom. The number of hydrogen-bond acceptors (Lipinski definition) is 2. The van der Waals surface area contributed by atoms with Crippen molar-refractivity contribution >= 4 is 21.4 Å². The summed E-state index contributed by atoms with van der Waals surface area (Å²) in [7, 11) is 0. The van der Waals surface area contributed by atoms with Crippen LogP contribution < -0.4 is 0 Å². The molecule has 1 heterocycles. The van der Waals surface area contributed by atoms with Crippen molar-refractivity contribution in [1.29, 1.82) is 0 Å². The highest BCUT2D eigenvalue weighted by Gasteiger charge is 2.02. The molecule has 0 bridgehead atoms. The molecule has 56 valence electrons. The van der Waals surface area contributed by atoms with Gasteiger partial charge in [0.2, 0.25) is 0 Å². The molecular weight excluding hydrogens is 156 g/mol. The molecule has 0 saturated carbocycles. The van der Waals surface area contributed by atoms with Crippen LogP contribution in [0.4, 0.5) is 0 Å². The molecule has 0 unspecified atom stereocenters. The van der Waals surface area contributed by atoms with E-state index in [0.717, 1.165) is 10.1 Å². The molecule has 0 atom stereocenters. The van der Waals surface area contributed by atoms with Crippen LogP contribution in [-0.4, -0.2) is 5.11 Å². The number of hydrogen-bond donors (Lipinski definition) is 1. The number of phenols is 1. The van der Waals surface area contributed by atoms with Gasteiger partial charge in [-0.05, 0) is 29.3 Å². The van der Waals surface area contributed by atoms with Gasteiger partial charge in [0.1, 0.15) is 5.75 Å². The quantitative estimate of drug-likeness (QED) is 0.634. The Morgan fingerprint density at radius 3 is 2.91 bits per heavy atom. The van der Waals surface area contributed by atoms with Gasteiger partial charge in [-0.2, -0.15) is 0 Å². The van der Waals surface area contributed by atoms with Gasteiger partial charge in [0.25, 0.3) is 0 Å². The molecule has 1 aromatic carbocycles. The lowest BCUT2D eigenvalue weighted by Crippen LogP contribution is -1.67. The Bertz CT molecular complexity index is 389. The second-order valence-corrected chi connectivity index (χ2v) is 3.45. The van der Waals surface area contributed by atoms with Gasteiger partial charge in [0.05, 0.1) is 4.70 Å². The normalized spacial score (nSPS) is 10.6. The van der Waals surface area contributed by atoms with Gasteiger partial charge < -0.3 is 5.11 Å². The smallest absolute Gasteiger partial charge is 0.133 e. The van der Waals surface area contributed by atoms with Crippen LogP contribution in [0.5, 0.6) is 5.75 Å². The van der Waals surface area contributed by atoms with Crippen molar-refractivity contribution in [3.63, 3.8) is 0 Å². The maximum atomic E-state index is 9.39. The van der Waals surface area contributed by atoms with E-state index in [4.69, 9.17) is 0 Å². The van der Waals surface area contributed by atoms with Crippen LogP contribution in [-0.2, 0) is 0 Å². The number of thiophene rings is 1. The molecule has 0 aliphatic heterocycles. The van der Waals surface area contributed by atoms with Gasteiger partial charge in [-0.3, -0.25) is 0 Å². The number of phenolic OH excluding ortho intramolecular Hbond substituents is 1. The van der Waals surface area contributed by atoms with Crippen molar-refractivity contribution in [1.82, 2.24) is 0 Å². The van der Waals surface area contributed by atoms with Gasteiger partial charge in [-0.15, -0.1) is 11.3 Å². The van der Waals surface area contributed by atoms with Crippen molar-refractivity contribution in [3.05, 3.63) is 29.1 Å². The molecule has 0 aliphatic carbocycles. The largest absolute Gasteiger partial charge is 0.506 e. The van der Waals surface area contributed by atoms with Gasteiger partial charge >= 0.3 is 0 Å². The number of rotatable bonds is 0. The molecule has 2 heteroatoms. The third-order valence-electron chi connectivity index (χ3n) is 1.77. The molecule has 0 radical (unpaired) electrons. The molecular formula is C9H8OS. The van der Waals surface area contributed by atoms with Crippen molar-refractivity contribution in [3.8, 4) is 5.75 Å². The summed E-state index contributed by atoms with van der Waals surface area (Å²) < 4.78 is 0.991. The first-order chi connectivity index (χ1) is 5.29. The van der Waals surface area contributed by atoms with Crippen LogP contribution >= 0.6 is 11.3 Å². The molecule has 2 rings (SSSR count). The van der Waals surface area contributed by atoms with Crippen LogP contribution in [0.2, 0.25) is 0 Å². The molecule has 2 aromatic rings. The summed E-state index contributed by atoms with van der Waals surface area (Å²) in [6.45, 7) is 2.05. The van der Waals surface area contributed by atoms with E-state index < -0.39 is 0 Å². The maximum absolute atomic E-state index is 9.39. The van der Waals surface area contributed by atoms with Gasteiger partial charge in [0.15, 0.2) is 0 Å². The molecule has 0 fully saturated rings. The lowest BCUT2D eigenvalue weighted by molar-refractivity contribution is 0.482. The van der Waals surface area contributed by atoms with Crippen LogP contribution in [0, 0.1) is 6.92 Å². The SMILES string of the molecule is Cc1csc2c(O)cccc12. The lowest BCUT2D eigenvalue weighted by atomic mass is 10.2. The van der Waals surface area contributed by atoms with E-state index in [2.05, 4.69) is 12.3 Å². The van der Waals surface area contributed by atoms with Crippen molar-refractivity contribution in [2.24, 2.45) is 0 Å². The highest BCUT2D eigenvalue weighted by atomic mass is 32.1. The maximum Gasteiger partial charge on any atom is 0.133 e. The fourth-order valence-electron chi connectivity index (χ4n) is 1.17. The topological polar surface area (TPSA) is 20.2 Å². The molecule has 11 heavy (non-hydrogen) atoms. The van der Waals surface area contributed by atoms with Crippen LogP contribution in [0.1, 0.15) is 5.56 Å². The predicted molar refractivity (Wildman–Crippen MR) is 48.2 cm³/mol. The number of fused-ring (bicyclic) bond motifs is 1. The predicted octanol–water partition coefficient (Wildman–Crippen LogP) is 2.92. The zero-order chi connectivity index (χ0) is 7.84. The summed E-state index contributed by atoms with van der Waals surface area (Å²) in [4.78, 5) is 0. The summed E-state index contributed by atoms with van der Waals surface area (Å²) >= 11 is 1.59. The van der Waals surface area contributed by atoms with E-state index in [1.54, 1.807) is 17.4 Å². The average Bonchev–Trinajstić information content (AvgIpc) is 2.35. The minimum Gasteiger partial charge on any atom is -0.506 e. The minimum atomic E-state index is 0.389. The average molecular weight is 164 g/mol. The first-order valence-electron chi connectivity index (χ1n) is 3.45. The fourth-order valence-corrected chi connectivity index (χ4v) is 2.14. The summed E-state index contributed by atoms with van der Waals surface area (Å²) in [5, 5.41) is 12.6. The molecule has 0 spiro atoms. The van der Waals surface area contributed by atoms with E-state index in [1.807, 2.05) is 12.1 Å². The Morgan fingerprint density at radius 1 is 1.36 bits per heavy atom. The Kier molecular flexibility index (Phi) is 1.36. The second kappa shape index (κ2) is 2.24. The summed E-state index contributed by atoms with van der Waals surface area (Å²) in [5.41, 5.74) is 1.24. The first-order valence-corrected chi connectivity index (χ1v) is 4.33. The third kappa shape index (κ3) is 0.906. The van der Waals surface area contributed by atoms with E-state index >= 15 is 0 Å². The third-order valence-corrected chi connectivity index (χ3v) is 2.91. The van der Waals surface area contributed by atoms with E-state index in [0.29, 0.717) is 5.75 Å². The molecule has 1 N–H and O–H groups in total. The lowest BCUT2D eigenvalue weighted by Gasteiger charge is -1.92. The minimum absolute atomic E-state index is 0.389. The Labute approximate surface area is 68.9 Å². The van der Waals surface area contributed by atoms with E-state index in [1.165, 1.54) is 5.56 Å². The molecule has 1 aromatic heterocycles. The van der Waals surface area contributed by atoms with Crippen molar-refractivity contribution in [2.45, 2.75) is 6.92 Å². The van der Waals surface area contributed by atoms with Crippen LogP contribution in [0.15, 0.2) is 23.6 Å². The van der Waals surface area contributed by atoms with E-state index in [-0.39, 0.29) is 0 Å². The molecule has 0 amide bonds. The van der Waals surface area contributed by atoms with Gasteiger partial charge in [-0.1, -0.05) is 12.1 Å². The fraction of sp³-hybridized carbons (Fsp3) is 0.111. The van der Waals surface area contributed by atoms with E-state index in [9.17, 15) is 5.11 Å². The second-order valence-electron chi connectivity index (χ2n) is 2.57. The highest BCUT2D eigenvalue weighted by molar-refractivity contribution is 7.17. The molecule has 0 aliphatic rings. The highest BCUT2D eigenvalue weighted by Crippen LogP contribution is 2.31. The van der Waals surface area contributed by atoms with Crippen molar-refractivity contribution < 1.29 is 5.11 Å². The van der Waals surface area contributed by atoms with Crippen molar-refractivity contribution in [2.75, 3.05) is 0 Å². The summed E-state index contributed by atoms with van der Waals surface area (Å²) in [6.07, 6.45) is 0. The number of aryl methyl sites for hydroxylation is 1.